The summed E-state index contributed by atoms with van der Waals surface area (Å²) in [6, 6.07) is 3.72. The van der Waals surface area contributed by atoms with E-state index in [1.54, 1.807) is 18.5 Å². The maximum absolute atomic E-state index is 10.6. The minimum Gasteiger partial charge on any atom is -0.479 e. The average molecular weight is 260 g/mol. The van der Waals surface area contributed by atoms with E-state index in [1.165, 1.54) is 0 Å². The maximum atomic E-state index is 10.6. The van der Waals surface area contributed by atoms with Gasteiger partial charge < -0.3 is 9.84 Å². The van der Waals surface area contributed by atoms with E-state index in [1.807, 2.05) is 26.8 Å². The fourth-order valence-electron chi connectivity index (χ4n) is 1.78. The molecule has 0 atom stereocenters. The molecule has 0 spiro atoms. The molecule has 100 valence electrons. The third-order valence-corrected chi connectivity index (χ3v) is 2.72. The SMILES string of the molecule is CC(C)(C)c1cc2cnccc2nc1OCC(=O)O. The van der Waals surface area contributed by atoms with Crippen molar-refractivity contribution >= 4 is 16.9 Å². The zero-order chi connectivity index (χ0) is 14.0. The number of hydrogen-bond donors (Lipinski definition) is 1. The van der Waals surface area contributed by atoms with E-state index in [9.17, 15) is 4.79 Å². The fraction of sp³-hybridized carbons (Fsp3) is 0.357. The number of ether oxygens (including phenoxy) is 1. The standard InChI is InChI=1S/C14H16N2O3/c1-14(2,3)10-6-9-7-15-5-4-11(9)16-13(10)19-8-12(17)18/h4-7H,8H2,1-3H3,(H,17,18). The van der Waals surface area contributed by atoms with E-state index < -0.39 is 12.6 Å². The molecule has 0 fully saturated rings. The second-order valence-electron chi connectivity index (χ2n) is 5.34. The Kier molecular flexibility index (Phi) is 3.38. The fourth-order valence-corrected chi connectivity index (χ4v) is 1.78. The van der Waals surface area contributed by atoms with Gasteiger partial charge in [0.05, 0.1) is 5.52 Å². The molecule has 19 heavy (non-hydrogen) atoms. The molecule has 5 heteroatoms. The van der Waals surface area contributed by atoms with E-state index in [4.69, 9.17) is 9.84 Å². The minimum absolute atomic E-state index is 0.190. The van der Waals surface area contributed by atoms with Gasteiger partial charge in [0, 0.05) is 23.3 Å². The lowest BCUT2D eigenvalue weighted by atomic mass is 9.87. The lowest BCUT2D eigenvalue weighted by Crippen LogP contribution is -2.17. The van der Waals surface area contributed by atoms with Crippen LogP contribution in [-0.4, -0.2) is 27.7 Å². The van der Waals surface area contributed by atoms with Gasteiger partial charge in [-0.15, -0.1) is 0 Å². The summed E-state index contributed by atoms with van der Waals surface area (Å²) in [7, 11) is 0. The Labute approximate surface area is 111 Å². The van der Waals surface area contributed by atoms with Crippen LogP contribution < -0.4 is 4.74 Å². The van der Waals surface area contributed by atoms with Crippen molar-refractivity contribution in [3.05, 3.63) is 30.1 Å². The second kappa shape index (κ2) is 4.84. The monoisotopic (exact) mass is 260 g/mol. The van der Waals surface area contributed by atoms with Crippen LogP contribution in [0, 0.1) is 0 Å². The molecule has 0 saturated carbocycles. The summed E-state index contributed by atoms with van der Waals surface area (Å²) in [5.74, 6) is -0.648. The van der Waals surface area contributed by atoms with Crippen LogP contribution in [-0.2, 0) is 10.2 Å². The molecule has 2 aromatic rings. The largest absolute Gasteiger partial charge is 0.479 e. The lowest BCUT2D eigenvalue weighted by molar-refractivity contribution is -0.139. The number of hydrogen-bond acceptors (Lipinski definition) is 4. The van der Waals surface area contributed by atoms with Crippen molar-refractivity contribution in [2.45, 2.75) is 26.2 Å². The summed E-state index contributed by atoms with van der Waals surface area (Å²) >= 11 is 0. The Morgan fingerprint density at radius 3 is 2.79 bits per heavy atom. The van der Waals surface area contributed by atoms with E-state index in [0.29, 0.717) is 5.88 Å². The molecule has 0 aromatic carbocycles. The highest BCUT2D eigenvalue weighted by atomic mass is 16.5. The van der Waals surface area contributed by atoms with Crippen LogP contribution in [0.25, 0.3) is 10.9 Å². The molecule has 0 bridgehead atoms. The van der Waals surface area contributed by atoms with Crippen LogP contribution in [0.5, 0.6) is 5.88 Å². The molecular weight excluding hydrogens is 244 g/mol. The Morgan fingerprint density at radius 2 is 2.16 bits per heavy atom. The number of carboxylic acids is 1. The summed E-state index contributed by atoms with van der Waals surface area (Å²) in [5, 5.41) is 9.63. The molecule has 2 heterocycles. The molecule has 2 aromatic heterocycles. The smallest absolute Gasteiger partial charge is 0.341 e. The van der Waals surface area contributed by atoms with Gasteiger partial charge in [0.1, 0.15) is 0 Å². The van der Waals surface area contributed by atoms with Gasteiger partial charge in [0.2, 0.25) is 5.88 Å². The molecule has 0 aliphatic heterocycles. The van der Waals surface area contributed by atoms with Gasteiger partial charge in [-0.05, 0) is 17.5 Å². The third-order valence-electron chi connectivity index (χ3n) is 2.72. The minimum atomic E-state index is -1.02. The van der Waals surface area contributed by atoms with Crippen molar-refractivity contribution in [3.8, 4) is 5.88 Å². The van der Waals surface area contributed by atoms with Crippen molar-refractivity contribution in [2.24, 2.45) is 0 Å². The van der Waals surface area contributed by atoms with Crippen LogP contribution in [0.4, 0.5) is 0 Å². The molecular formula is C14H16N2O3. The molecule has 0 aliphatic rings. The molecule has 0 unspecified atom stereocenters. The first kappa shape index (κ1) is 13.3. The summed E-state index contributed by atoms with van der Waals surface area (Å²) in [6.45, 7) is 5.69. The molecule has 5 nitrogen and oxygen atoms in total. The van der Waals surface area contributed by atoms with Crippen LogP contribution in [0.15, 0.2) is 24.5 Å². The normalized spacial score (nSPS) is 11.5. The predicted octanol–water partition coefficient (Wildman–Crippen LogP) is 2.39. The van der Waals surface area contributed by atoms with E-state index in [2.05, 4.69) is 9.97 Å². The van der Waals surface area contributed by atoms with Crippen molar-refractivity contribution in [1.29, 1.82) is 0 Å². The van der Waals surface area contributed by atoms with E-state index in [0.717, 1.165) is 16.5 Å². The van der Waals surface area contributed by atoms with Gasteiger partial charge >= 0.3 is 5.97 Å². The Hall–Kier alpha value is -2.17. The van der Waals surface area contributed by atoms with Gasteiger partial charge in [-0.2, -0.15) is 0 Å². The molecule has 0 amide bonds. The predicted molar refractivity (Wildman–Crippen MR) is 71.4 cm³/mol. The first-order valence-corrected chi connectivity index (χ1v) is 5.98. The summed E-state index contributed by atoms with van der Waals surface area (Å²) < 4.78 is 5.30. The molecule has 0 saturated heterocycles. The van der Waals surface area contributed by atoms with Crippen molar-refractivity contribution < 1.29 is 14.6 Å². The molecule has 2 rings (SSSR count). The first-order valence-electron chi connectivity index (χ1n) is 5.98. The topological polar surface area (TPSA) is 72.3 Å². The zero-order valence-electron chi connectivity index (χ0n) is 11.2. The Bertz CT molecular complexity index is 618. The van der Waals surface area contributed by atoms with Gasteiger partial charge in [-0.1, -0.05) is 20.8 Å². The molecule has 0 aliphatic carbocycles. The van der Waals surface area contributed by atoms with Gasteiger partial charge in [0.15, 0.2) is 6.61 Å². The van der Waals surface area contributed by atoms with Gasteiger partial charge in [-0.25, -0.2) is 9.78 Å². The highest BCUT2D eigenvalue weighted by Crippen LogP contribution is 2.32. The summed E-state index contributed by atoms with van der Waals surface area (Å²) in [5.41, 5.74) is 1.42. The Balaban J connectivity index is 2.54. The summed E-state index contributed by atoms with van der Waals surface area (Å²) in [6.07, 6.45) is 3.38. The maximum Gasteiger partial charge on any atom is 0.341 e. The molecule has 1 N–H and O–H groups in total. The van der Waals surface area contributed by atoms with Crippen LogP contribution in [0.3, 0.4) is 0 Å². The van der Waals surface area contributed by atoms with Crippen molar-refractivity contribution in [1.82, 2.24) is 9.97 Å². The lowest BCUT2D eigenvalue weighted by Gasteiger charge is -2.22. The number of carboxylic acid groups (broad SMARTS) is 1. The number of pyridine rings is 2. The first-order chi connectivity index (χ1) is 8.88. The highest BCUT2D eigenvalue weighted by molar-refractivity contribution is 5.79. The Morgan fingerprint density at radius 1 is 1.42 bits per heavy atom. The molecule has 0 radical (unpaired) electrons. The van der Waals surface area contributed by atoms with Gasteiger partial charge in [-0.3, -0.25) is 4.98 Å². The van der Waals surface area contributed by atoms with E-state index in [-0.39, 0.29) is 5.41 Å². The number of aromatic nitrogens is 2. The van der Waals surface area contributed by atoms with Crippen LogP contribution in [0.1, 0.15) is 26.3 Å². The second-order valence-corrected chi connectivity index (χ2v) is 5.34. The van der Waals surface area contributed by atoms with Crippen molar-refractivity contribution in [3.63, 3.8) is 0 Å². The summed E-state index contributed by atoms with van der Waals surface area (Å²) in [4.78, 5) is 19.1. The number of rotatable bonds is 3. The third kappa shape index (κ3) is 2.99. The van der Waals surface area contributed by atoms with Crippen LogP contribution in [0.2, 0.25) is 0 Å². The van der Waals surface area contributed by atoms with Crippen molar-refractivity contribution in [2.75, 3.05) is 6.61 Å². The quantitative estimate of drug-likeness (QED) is 0.917. The number of nitrogens with zero attached hydrogens (tertiary/aromatic N) is 2. The average Bonchev–Trinajstić information content (AvgIpc) is 2.34. The number of carbonyl (C=O) groups is 1. The highest BCUT2D eigenvalue weighted by Gasteiger charge is 2.21. The number of aliphatic carboxylic acids is 1. The van der Waals surface area contributed by atoms with E-state index >= 15 is 0 Å². The van der Waals surface area contributed by atoms with Crippen LogP contribution >= 0.6 is 0 Å². The zero-order valence-corrected chi connectivity index (χ0v) is 11.2. The van der Waals surface area contributed by atoms with Gasteiger partial charge in [0.25, 0.3) is 0 Å². The number of fused-ring (bicyclic) bond motifs is 1.